The standard InChI is InChI=1S/C17H24F3N5O2.HI/c1-3-21-16(22-12-14-5-4-6-15(11-14)25(26)27)24-9-7-23(8-10-24)13(2)17(18,19)20;/h4-6,11,13H,3,7-10,12H2,1-2H3,(H,21,22);1H. The molecule has 1 aromatic rings. The highest BCUT2D eigenvalue weighted by Crippen LogP contribution is 2.25. The van der Waals surface area contributed by atoms with Crippen molar-refractivity contribution in [2.24, 2.45) is 4.99 Å². The van der Waals surface area contributed by atoms with E-state index in [9.17, 15) is 23.3 Å². The summed E-state index contributed by atoms with van der Waals surface area (Å²) in [5, 5.41) is 14.0. The number of halogens is 4. The molecule has 0 aromatic heterocycles. The second-order valence-corrected chi connectivity index (χ2v) is 6.34. The highest BCUT2D eigenvalue weighted by atomic mass is 127. The summed E-state index contributed by atoms with van der Waals surface area (Å²) < 4.78 is 38.6. The number of nitro benzene ring substituents is 1. The molecule has 0 amide bonds. The lowest BCUT2D eigenvalue weighted by molar-refractivity contribution is -0.384. The SMILES string of the molecule is CCNC(=NCc1cccc([N+](=O)[O-])c1)N1CCN(C(C)C(F)(F)F)CC1.I. The van der Waals surface area contributed by atoms with Crippen molar-refractivity contribution in [3.05, 3.63) is 39.9 Å². The average molecular weight is 515 g/mol. The van der Waals surface area contributed by atoms with Crippen LogP contribution in [0.5, 0.6) is 0 Å². The van der Waals surface area contributed by atoms with E-state index in [0.717, 1.165) is 0 Å². The Morgan fingerprint density at radius 3 is 2.50 bits per heavy atom. The third kappa shape index (κ3) is 6.76. The summed E-state index contributed by atoms with van der Waals surface area (Å²) in [5.74, 6) is 0.600. The Morgan fingerprint density at radius 1 is 1.32 bits per heavy atom. The smallest absolute Gasteiger partial charge is 0.357 e. The first-order chi connectivity index (χ1) is 12.7. The van der Waals surface area contributed by atoms with Crippen molar-refractivity contribution in [1.82, 2.24) is 15.1 Å². The van der Waals surface area contributed by atoms with Crippen LogP contribution in [0.2, 0.25) is 0 Å². The number of benzene rings is 1. The summed E-state index contributed by atoms with van der Waals surface area (Å²) in [4.78, 5) is 18.2. The van der Waals surface area contributed by atoms with Crippen LogP contribution in [-0.2, 0) is 6.54 Å². The number of nitrogens with one attached hydrogen (secondary N) is 1. The molecule has 1 heterocycles. The Balaban J connectivity index is 0.00000392. The van der Waals surface area contributed by atoms with Gasteiger partial charge in [0.1, 0.15) is 6.04 Å². The maximum absolute atomic E-state index is 12.9. The monoisotopic (exact) mass is 515 g/mol. The van der Waals surface area contributed by atoms with Gasteiger partial charge in [0.05, 0.1) is 11.5 Å². The van der Waals surface area contributed by atoms with Gasteiger partial charge in [0.15, 0.2) is 5.96 Å². The Kier molecular flexibility index (Phi) is 9.40. The maximum atomic E-state index is 12.9. The van der Waals surface area contributed by atoms with Gasteiger partial charge in [0.25, 0.3) is 5.69 Å². The van der Waals surface area contributed by atoms with E-state index in [0.29, 0.717) is 44.2 Å². The number of hydrogen-bond donors (Lipinski definition) is 1. The van der Waals surface area contributed by atoms with E-state index < -0.39 is 17.1 Å². The molecule has 1 fully saturated rings. The van der Waals surface area contributed by atoms with Crippen LogP contribution in [0.1, 0.15) is 19.4 Å². The molecule has 11 heteroatoms. The van der Waals surface area contributed by atoms with Crippen molar-refractivity contribution >= 4 is 35.6 Å². The van der Waals surface area contributed by atoms with Crippen LogP contribution in [0.15, 0.2) is 29.3 Å². The summed E-state index contributed by atoms with van der Waals surface area (Å²) >= 11 is 0. The average Bonchev–Trinajstić information content (AvgIpc) is 2.64. The van der Waals surface area contributed by atoms with Crippen molar-refractivity contribution in [1.29, 1.82) is 0 Å². The van der Waals surface area contributed by atoms with Gasteiger partial charge in [0, 0.05) is 44.9 Å². The molecule has 0 spiro atoms. The third-order valence-corrected chi connectivity index (χ3v) is 4.50. The van der Waals surface area contributed by atoms with Gasteiger partial charge in [-0.2, -0.15) is 13.2 Å². The molecule has 1 saturated heterocycles. The number of alkyl halides is 3. The van der Waals surface area contributed by atoms with Crippen LogP contribution >= 0.6 is 24.0 Å². The zero-order chi connectivity index (χ0) is 20.0. The number of nitro groups is 1. The maximum Gasteiger partial charge on any atom is 0.403 e. The zero-order valence-electron chi connectivity index (χ0n) is 15.8. The summed E-state index contributed by atoms with van der Waals surface area (Å²) in [7, 11) is 0. The van der Waals surface area contributed by atoms with E-state index in [1.165, 1.54) is 24.0 Å². The quantitative estimate of drug-likeness (QED) is 0.214. The van der Waals surface area contributed by atoms with E-state index >= 15 is 0 Å². The molecule has 7 nitrogen and oxygen atoms in total. The Hall–Kier alpha value is -1.63. The predicted molar refractivity (Wildman–Crippen MR) is 112 cm³/mol. The zero-order valence-corrected chi connectivity index (χ0v) is 18.1. The van der Waals surface area contributed by atoms with Gasteiger partial charge in [-0.1, -0.05) is 12.1 Å². The van der Waals surface area contributed by atoms with Gasteiger partial charge in [-0.25, -0.2) is 4.99 Å². The van der Waals surface area contributed by atoms with Crippen LogP contribution in [-0.4, -0.2) is 65.6 Å². The van der Waals surface area contributed by atoms with Crippen molar-refractivity contribution in [2.75, 3.05) is 32.7 Å². The van der Waals surface area contributed by atoms with Gasteiger partial charge >= 0.3 is 6.18 Å². The molecule has 0 aliphatic carbocycles. The number of non-ortho nitro benzene ring substituents is 1. The summed E-state index contributed by atoms with van der Waals surface area (Å²) in [5.41, 5.74) is 0.700. The van der Waals surface area contributed by atoms with Crippen LogP contribution in [0, 0.1) is 10.1 Å². The highest BCUT2D eigenvalue weighted by Gasteiger charge is 2.41. The lowest BCUT2D eigenvalue weighted by Gasteiger charge is -2.39. The molecule has 1 N–H and O–H groups in total. The normalized spacial score (nSPS) is 17.0. The van der Waals surface area contributed by atoms with Crippen molar-refractivity contribution in [3.63, 3.8) is 0 Å². The summed E-state index contributed by atoms with van der Waals surface area (Å²) in [6.07, 6.45) is -4.23. The van der Waals surface area contributed by atoms with Crippen molar-refractivity contribution in [3.8, 4) is 0 Å². The lowest BCUT2D eigenvalue weighted by Crippen LogP contribution is -2.56. The molecule has 1 aromatic carbocycles. The molecule has 1 unspecified atom stereocenters. The van der Waals surface area contributed by atoms with Crippen molar-refractivity contribution < 1.29 is 18.1 Å². The third-order valence-electron chi connectivity index (χ3n) is 4.50. The first-order valence-corrected chi connectivity index (χ1v) is 8.79. The van der Waals surface area contributed by atoms with Gasteiger partial charge in [-0.15, -0.1) is 24.0 Å². The Morgan fingerprint density at radius 2 is 1.96 bits per heavy atom. The topological polar surface area (TPSA) is 74.0 Å². The van der Waals surface area contributed by atoms with E-state index in [1.807, 2.05) is 11.8 Å². The minimum absolute atomic E-state index is 0. The van der Waals surface area contributed by atoms with Crippen LogP contribution < -0.4 is 5.32 Å². The lowest BCUT2D eigenvalue weighted by atomic mass is 10.2. The fourth-order valence-electron chi connectivity index (χ4n) is 2.89. The van der Waals surface area contributed by atoms with E-state index in [2.05, 4.69) is 10.3 Å². The molecule has 0 radical (unpaired) electrons. The fourth-order valence-corrected chi connectivity index (χ4v) is 2.89. The summed E-state index contributed by atoms with van der Waals surface area (Å²) in [6, 6.07) is 4.77. The largest absolute Gasteiger partial charge is 0.403 e. The fraction of sp³-hybridized carbons (Fsp3) is 0.588. The minimum atomic E-state index is -4.23. The molecule has 0 saturated carbocycles. The Bertz CT molecular complexity index is 679. The first-order valence-electron chi connectivity index (χ1n) is 8.79. The van der Waals surface area contributed by atoms with E-state index in [1.54, 1.807) is 12.1 Å². The molecule has 28 heavy (non-hydrogen) atoms. The molecule has 1 aliphatic rings. The molecule has 1 aliphatic heterocycles. The second kappa shape index (κ2) is 10.8. The second-order valence-electron chi connectivity index (χ2n) is 6.34. The van der Waals surface area contributed by atoms with Crippen LogP contribution in [0.4, 0.5) is 18.9 Å². The molecule has 2 rings (SSSR count). The van der Waals surface area contributed by atoms with Crippen molar-refractivity contribution in [2.45, 2.75) is 32.6 Å². The molecule has 158 valence electrons. The number of nitrogens with zero attached hydrogens (tertiary/aromatic N) is 4. The predicted octanol–water partition coefficient (Wildman–Crippen LogP) is 3.25. The van der Waals surface area contributed by atoms with Gasteiger partial charge in [-0.05, 0) is 19.4 Å². The molecule has 0 bridgehead atoms. The van der Waals surface area contributed by atoms with Gasteiger partial charge in [-0.3, -0.25) is 15.0 Å². The highest BCUT2D eigenvalue weighted by molar-refractivity contribution is 14.0. The van der Waals surface area contributed by atoms with E-state index in [-0.39, 0.29) is 36.2 Å². The Labute approximate surface area is 179 Å². The van der Waals surface area contributed by atoms with Gasteiger partial charge in [0.2, 0.25) is 0 Å². The molecular formula is C17H25F3IN5O2. The van der Waals surface area contributed by atoms with Gasteiger partial charge < -0.3 is 10.2 Å². The molecular weight excluding hydrogens is 490 g/mol. The first kappa shape index (κ1) is 24.4. The van der Waals surface area contributed by atoms with Crippen LogP contribution in [0.25, 0.3) is 0 Å². The summed E-state index contributed by atoms with van der Waals surface area (Å²) in [6.45, 7) is 5.41. The number of aliphatic imine (C=N–C) groups is 1. The number of rotatable bonds is 5. The molecule has 1 atom stereocenters. The minimum Gasteiger partial charge on any atom is -0.357 e. The number of hydrogen-bond acceptors (Lipinski definition) is 4. The van der Waals surface area contributed by atoms with Crippen LogP contribution in [0.3, 0.4) is 0 Å². The number of guanidine groups is 1. The van der Waals surface area contributed by atoms with E-state index in [4.69, 9.17) is 0 Å². The number of piperazine rings is 1.